The lowest BCUT2D eigenvalue weighted by Crippen LogP contribution is -2.28. The monoisotopic (exact) mass is 209 g/mol. The largest absolute Gasteiger partial charge is 0.481 e. The first-order valence-electron chi connectivity index (χ1n) is 3.49. The van der Waals surface area contributed by atoms with Gasteiger partial charge in [-0.25, -0.2) is 13.1 Å². The van der Waals surface area contributed by atoms with E-state index in [1.165, 1.54) is 0 Å². The minimum Gasteiger partial charge on any atom is -0.481 e. The Bertz CT molecular complexity index is 294. The van der Waals surface area contributed by atoms with Gasteiger partial charge in [-0.1, -0.05) is 0 Å². The molecule has 0 aliphatic carbocycles. The molecule has 0 atom stereocenters. The molecule has 13 heavy (non-hydrogen) atoms. The zero-order valence-corrected chi connectivity index (χ0v) is 7.93. The van der Waals surface area contributed by atoms with E-state index >= 15 is 0 Å². The van der Waals surface area contributed by atoms with Crippen LogP contribution in [-0.2, 0) is 19.6 Å². The Labute approximate surface area is 76.0 Å². The number of nitrogens with one attached hydrogen (secondary N) is 1. The van der Waals surface area contributed by atoms with E-state index in [2.05, 4.69) is 0 Å². The Morgan fingerprint density at radius 3 is 2.23 bits per heavy atom. The minimum absolute atomic E-state index is 0.155. The van der Waals surface area contributed by atoms with E-state index in [-0.39, 0.29) is 19.4 Å². The van der Waals surface area contributed by atoms with Crippen molar-refractivity contribution in [2.45, 2.75) is 12.8 Å². The summed E-state index contributed by atoms with van der Waals surface area (Å²) in [7, 11) is -3.38. The second-order valence-corrected chi connectivity index (χ2v) is 4.36. The molecule has 0 aromatic heterocycles. The maximum Gasteiger partial charge on any atom is 0.303 e. The first-order valence-corrected chi connectivity index (χ1v) is 5.38. The van der Waals surface area contributed by atoms with Crippen LogP contribution in [0.5, 0.6) is 0 Å². The molecule has 0 saturated heterocycles. The topological polar surface area (TPSA) is 101 Å². The number of aliphatic carboxylic acids is 1. The molecule has 0 unspecified atom stereocenters. The van der Waals surface area contributed by atoms with Crippen LogP contribution in [0.3, 0.4) is 0 Å². The Kier molecular flexibility index (Phi) is 4.57. The predicted molar refractivity (Wildman–Crippen MR) is 44.7 cm³/mol. The van der Waals surface area contributed by atoms with Crippen molar-refractivity contribution in [3.8, 4) is 0 Å². The molecule has 0 radical (unpaired) electrons. The van der Waals surface area contributed by atoms with Crippen molar-refractivity contribution in [3.63, 3.8) is 0 Å². The number of rotatable bonds is 6. The third kappa shape index (κ3) is 8.96. The molecule has 2 N–H and O–H groups in total. The van der Waals surface area contributed by atoms with Gasteiger partial charge in [-0.3, -0.25) is 9.59 Å². The molecule has 0 aromatic rings. The van der Waals surface area contributed by atoms with E-state index < -0.39 is 21.8 Å². The second kappa shape index (κ2) is 4.93. The first-order chi connectivity index (χ1) is 5.81. The van der Waals surface area contributed by atoms with Crippen LogP contribution in [0.25, 0.3) is 0 Å². The van der Waals surface area contributed by atoms with Gasteiger partial charge < -0.3 is 5.11 Å². The van der Waals surface area contributed by atoms with Gasteiger partial charge in [-0.05, 0) is 0 Å². The number of carbonyl (C=O) groups is 2. The molecule has 76 valence electrons. The third-order valence-electron chi connectivity index (χ3n) is 1.15. The Hall–Kier alpha value is -0.950. The minimum atomic E-state index is -3.38. The fourth-order valence-corrected chi connectivity index (χ4v) is 0.970. The number of carboxylic acid groups (broad SMARTS) is 1. The van der Waals surface area contributed by atoms with E-state index in [0.717, 1.165) is 6.26 Å². The molecule has 0 amide bonds. The highest BCUT2D eigenvalue weighted by Gasteiger charge is 2.07. The van der Waals surface area contributed by atoms with Gasteiger partial charge >= 0.3 is 5.97 Å². The predicted octanol–water partition coefficient (Wildman–Crippen LogP) is -1.03. The Morgan fingerprint density at radius 2 is 1.85 bits per heavy atom. The SMILES string of the molecule is CS(=O)(=O)NCC(=O)CCC(=O)O. The number of hydrogen-bond acceptors (Lipinski definition) is 4. The van der Waals surface area contributed by atoms with Crippen molar-refractivity contribution in [3.05, 3.63) is 0 Å². The van der Waals surface area contributed by atoms with Crippen molar-refractivity contribution in [2.24, 2.45) is 0 Å². The molecule has 0 rings (SSSR count). The average molecular weight is 209 g/mol. The van der Waals surface area contributed by atoms with Crippen molar-refractivity contribution >= 4 is 21.8 Å². The Balaban J connectivity index is 3.71. The number of ketones is 1. The van der Waals surface area contributed by atoms with E-state index in [1.807, 2.05) is 4.72 Å². The number of hydrogen-bond donors (Lipinski definition) is 2. The van der Waals surface area contributed by atoms with Gasteiger partial charge in [-0.15, -0.1) is 0 Å². The summed E-state index contributed by atoms with van der Waals surface area (Å²) in [4.78, 5) is 20.8. The van der Waals surface area contributed by atoms with E-state index in [0.29, 0.717) is 0 Å². The van der Waals surface area contributed by atoms with Crippen LogP contribution in [0.4, 0.5) is 0 Å². The zero-order chi connectivity index (χ0) is 10.5. The molecule has 6 nitrogen and oxygen atoms in total. The van der Waals surface area contributed by atoms with Crippen molar-refractivity contribution < 1.29 is 23.1 Å². The van der Waals surface area contributed by atoms with Crippen molar-refractivity contribution in [1.82, 2.24) is 4.72 Å². The lowest BCUT2D eigenvalue weighted by Gasteiger charge is -1.99. The molecule has 7 heteroatoms. The summed E-state index contributed by atoms with van der Waals surface area (Å²) in [6.07, 6.45) is 0.500. The van der Waals surface area contributed by atoms with Gasteiger partial charge in [0.2, 0.25) is 10.0 Å². The normalized spacial score (nSPS) is 11.2. The van der Waals surface area contributed by atoms with Crippen molar-refractivity contribution in [2.75, 3.05) is 12.8 Å². The lowest BCUT2D eigenvalue weighted by atomic mass is 10.2. The third-order valence-corrected chi connectivity index (χ3v) is 1.82. The van der Waals surface area contributed by atoms with Gasteiger partial charge in [0.15, 0.2) is 0 Å². The molecule has 0 saturated carbocycles. The summed E-state index contributed by atoms with van der Waals surface area (Å²) < 4.78 is 23.0. The second-order valence-electron chi connectivity index (χ2n) is 2.53. The number of sulfonamides is 1. The van der Waals surface area contributed by atoms with E-state index in [9.17, 15) is 18.0 Å². The van der Waals surface area contributed by atoms with Crippen LogP contribution >= 0.6 is 0 Å². The van der Waals surface area contributed by atoms with Crippen molar-refractivity contribution in [1.29, 1.82) is 0 Å². The standard InChI is InChI=1S/C6H11NO5S/c1-13(11,12)7-4-5(8)2-3-6(9)10/h7H,2-4H2,1H3,(H,9,10). The van der Waals surface area contributed by atoms with Crippen LogP contribution in [0.2, 0.25) is 0 Å². The van der Waals surface area contributed by atoms with Crippen LogP contribution < -0.4 is 4.72 Å². The highest BCUT2D eigenvalue weighted by atomic mass is 32.2. The number of Topliss-reactive ketones (excluding diaryl/α,β-unsaturated/α-hetero) is 1. The quantitative estimate of drug-likeness (QED) is 0.582. The van der Waals surface area contributed by atoms with Gasteiger partial charge in [0.1, 0.15) is 5.78 Å². The highest BCUT2D eigenvalue weighted by Crippen LogP contribution is 1.90. The smallest absolute Gasteiger partial charge is 0.303 e. The van der Waals surface area contributed by atoms with Crippen LogP contribution in [0.15, 0.2) is 0 Å². The molecule has 0 bridgehead atoms. The zero-order valence-electron chi connectivity index (χ0n) is 7.11. The fourth-order valence-electron chi connectivity index (χ4n) is 0.546. The molecule has 0 heterocycles. The number of carbonyl (C=O) groups excluding carboxylic acids is 1. The maximum absolute atomic E-state index is 10.8. The first kappa shape index (κ1) is 12.0. The highest BCUT2D eigenvalue weighted by molar-refractivity contribution is 7.88. The summed E-state index contributed by atoms with van der Waals surface area (Å²) in [5.41, 5.74) is 0. The fraction of sp³-hybridized carbons (Fsp3) is 0.667. The van der Waals surface area contributed by atoms with Gasteiger partial charge in [0.25, 0.3) is 0 Å². The molecule has 0 fully saturated rings. The molecular formula is C6H11NO5S. The van der Waals surface area contributed by atoms with Gasteiger partial charge in [-0.2, -0.15) is 0 Å². The van der Waals surface area contributed by atoms with E-state index in [1.54, 1.807) is 0 Å². The summed E-state index contributed by atoms with van der Waals surface area (Å²) in [5, 5.41) is 8.20. The average Bonchev–Trinajstić information content (AvgIpc) is 1.95. The number of carboxylic acids is 1. The molecule has 0 aliphatic heterocycles. The molecule has 0 aromatic carbocycles. The van der Waals surface area contributed by atoms with E-state index in [4.69, 9.17) is 5.11 Å². The summed E-state index contributed by atoms with van der Waals surface area (Å²) >= 11 is 0. The summed E-state index contributed by atoms with van der Waals surface area (Å²) in [6, 6.07) is 0. The lowest BCUT2D eigenvalue weighted by molar-refractivity contribution is -0.138. The maximum atomic E-state index is 10.8. The summed E-state index contributed by atoms with van der Waals surface area (Å²) in [5.74, 6) is -1.51. The van der Waals surface area contributed by atoms with Crippen LogP contribution in [0.1, 0.15) is 12.8 Å². The Morgan fingerprint density at radius 1 is 1.31 bits per heavy atom. The van der Waals surface area contributed by atoms with Crippen LogP contribution in [-0.4, -0.2) is 38.1 Å². The van der Waals surface area contributed by atoms with Gasteiger partial charge in [0.05, 0.1) is 19.2 Å². The molecule has 0 aliphatic rings. The molecular weight excluding hydrogens is 198 g/mol. The summed E-state index contributed by atoms with van der Waals surface area (Å²) in [6.45, 7) is -0.341. The van der Waals surface area contributed by atoms with Gasteiger partial charge in [0, 0.05) is 6.42 Å². The van der Waals surface area contributed by atoms with Crippen LogP contribution in [0, 0.1) is 0 Å². The molecule has 0 spiro atoms.